The minimum atomic E-state index is 0.0616. The predicted octanol–water partition coefficient (Wildman–Crippen LogP) is 12.7. The maximum absolute atomic E-state index is 2.70. The van der Waals surface area contributed by atoms with Crippen LogP contribution in [0.4, 0.5) is 17.1 Å². The Morgan fingerprint density at radius 1 is 0.698 bits per heavy atom. The zero-order valence-electron chi connectivity index (χ0n) is 30.7. The van der Waals surface area contributed by atoms with Crippen LogP contribution in [0, 0.1) is 0 Å². The summed E-state index contributed by atoms with van der Waals surface area (Å²) in [5.74, 6) is 0.772. The van der Waals surface area contributed by atoms with Crippen LogP contribution in [-0.2, 0) is 5.41 Å². The third kappa shape index (κ3) is 5.38. The largest absolute Gasteiger partial charge is 0.342 e. The molecule has 0 aromatic heterocycles. The van der Waals surface area contributed by atoms with Crippen LogP contribution in [0.15, 0.2) is 192 Å². The summed E-state index contributed by atoms with van der Waals surface area (Å²) in [6.07, 6.45) is 19.2. The zero-order chi connectivity index (χ0) is 35.5. The molecule has 5 aromatic carbocycles. The number of hydrogen-bond acceptors (Lipinski definition) is 2. The van der Waals surface area contributed by atoms with Gasteiger partial charge in [-0.1, -0.05) is 153 Å². The summed E-state index contributed by atoms with van der Waals surface area (Å²) in [6.45, 7) is 4.81. The van der Waals surface area contributed by atoms with Gasteiger partial charge < -0.3 is 9.80 Å². The van der Waals surface area contributed by atoms with E-state index in [1.54, 1.807) is 5.57 Å². The van der Waals surface area contributed by atoms with Crippen molar-refractivity contribution in [1.82, 2.24) is 0 Å². The Balaban J connectivity index is 0.965. The molecule has 0 fully saturated rings. The van der Waals surface area contributed by atoms with Crippen molar-refractivity contribution in [2.75, 3.05) is 9.80 Å². The maximum Gasteiger partial charge on any atom is 0.0630 e. The van der Waals surface area contributed by atoms with Gasteiger partial charge in [-0.25, -0.2) is 0 Å². The van der Waals surface area contributed by atoms with E-state index in [2.05, 4.69) is 194 Å². The van der Waals surface area contributed by atoms with Crippen molar-refractivity contribution in [2.45, 2.75) is 68.9 Å². The van der Waals surface area contributed by atoms with E-state index < -0.39 is 0 Å². The highest BCUT2D eigenvalue weighted by atomic mass is 15.2. The smallest absolute Gasteiger partial charge is 0.0630 e. The van der Waals surface area contributed by atoms with E-state index in [9.17, 15) is 0 Å². The average molecular weight is 687 g/mol. The van der Waals surface area contributed by atoms with E-state index in [0.29, 0.717) is 23.9 Å². The molecule has 0 N–H and O–H groups in total. The second kappa shape index (κ2) is 12.8. The fourth-order valence-corrected chi connectivity index (χ4v) is 10.1. The summed E-state index contributed by atoms with van der Waals surface area (Å²) in [4.78, 5) is 5.23. The minimum Gasteiger partial charge on any atom is -0.342 e. The lowest BCUT2D eigenvalue weighted by Gasteiger charge is -2.40. The highest BCUT2D eigenvalue weighted by Crippen LogP contribution is 2.55. The van der Waals surface area contributed by atoms with Crippen molar-refractivity contribution < 1.29 is 0 Å². The lowest BCUT2D eigenvalue weighted by Crippen LogP contribution is -2.37. The SMILES string of the molecule is CC1(C)C2=CC=C(N(c3ccc(-c4ccccc4)cc3)C3CC=C(C4=CC5c6ccccc6N(c6ccccc6)C5C=C4)CC3)CC2c2ccccc21. The van der Waals surface area contributed by atoms with E-state index in [-0.39, 0.29) is 5.41 Å². The van der Waals surface area contributed by atoms with Gasteiger partial charge in [-0.3, -0.25) is 0 Å². The van der Waals surface area contributed by atoms with E-state index in [4.69, 9.17) is 0 Å². The Hall–Kier alpha value is -5.60. The molecule has 0 radical (unpaired) electrons. The highest BCUT2D eigenvalue weighted by molar-refractivity contribution is 5.76. The van der Waals surface area contributed by atoms with E-state index in [1.807, 2.05) is 0 Å². The van der Waals surface area contributed by atoms with Gasteiger partial charge in [0.2, 0.25) is 0 Å². The van der Waals surface area contributed by atoms with Crippen LogP contribution < -0.4 is 9.80 Å². The standard InChI is InChI=1S/C51H46N2/c1-51(2)47-19-11-9-17-43(47)45-34-42(30-31-48(45)51)52(40-26-21-36(22-27-40)35-13-5-3-6-14-35)41-28-23-37(24-29-41)38-25-32-50-46(33-38)44-18-10-12-20-49(44)53(50)39-15-7-4-8-16-39/h3-23,25-27,30-33,41,45-46,50H,24,28-29,34H2,1-2H3. The van der Waals surface area contributed by atoms with Crippen molar-refractivity contribution in [3.05, 3.63) is 209 Å². The molecule has 5 aromatic rings. The van der Waals surface area contributed by atoms with Gasteiger partial charge in [0.15, 0.2) is 0 Å². The molecule has 53 heavy (non-hydrogen) atoms. The molecule has 0 amide bonds. The van der Waals surface area contributed by atoms with Crippen LogP contribution >= 0.6 is 0 Å². The molecule has 4 unspecified atom stereocenters. The summed E-state index contributed by atoms with van der Waals surface area (Å²) in [6, 6.07) is 49.8. The molecule has 2 nitrogen and oxygen atoms in total. The summed E-state index contributed by atoms with van der Waals surface area (Å²) in [7, 11) is 0. The lowest BCUT2D eigenvalue weighted by atomic mass is 9.78. The van der Waals surface area contributed by atoms with Gasteiger partial charge >= 0.3 is 0 Å². The number of anilines is 3. The van der Waals surface area contributed by atoms with Crippen molar-refractivity contribution in [3.63, 3.8) is 0 Å². The Labute approximate surface area is 314 Å². The summed E-state index contributed by atoms with van der Waals surface area (Å²) < 4.78 is 0. The van der Waals surface area contributed by atoms with Crippen LogP contribution in [-0.4, -0.2) is 12.1 Å². The third-order valence-corrected chi connectivity index (χ3v) is 12.7. The van der Waals surface area contributed by atoms with Gasteiger partial charge in [-0.05, 0) is 101 Å². The highest BCUT2D eigenvalue weighted by Gasteiger charge is 2.43. The molecule has 4 aliphatic carbocycles. The monoisotopic (exact) mass is 686 g/mol. The molecular formula is C51H46N2. The Bertz CT molecular complexity index is 2340. The molecule has 1 heterocycles. The molecule has 2 heteroatoms. The number of benzene rings is 5. The molecular weight excluding hydrogens is 641 g/mol. The normalized spacial score (nSPS) is 23.5. The number of allylic oxidation sites excluding steroid dienone is 7. The van der Waals surface area contributed by atoms with Crippen molar-refractivity contribution in [2.24, 2.45) is 0 Å². The molecule has 0 saturated carbocycles. The number of para-hydroxylation sites is 2. The number of nitrogens with zero attached hydrogens (tertiary/aromatic N) is 2. The molecule has 4 atom stereocenters. The molecule has 0 bridgehead atoms. The number of fused-ring (bicyclic) bond motifs is 6. The number of hydrogen-bond donors (Lipinski definition) is 0. The first kappa shape index (κ1) is 32.1. The van der Waals surface area contributed by atoms with Crippen LogP contribution in [0.1, 0.15) is 68.1 Å². The zero-order valence-corrected chi connectivity index (χ0v) is 30.7. The minimum absolute atomic E-state index is 0.0616. The second-order valence-electron chi connectivity index (χ2n) is 16.0. The summed E-state index contributed by atoms with van der Waals surface area (Å²) >= 11 is 0. The fourth-order valence-electron chi connectivity index (χ4n) is 10.1. The van der Waals surface area contributed by atoms with Crippen molar-refractivity contribution >= 4 is 17.1 Å². The van der Waals surface area contributed by atoms with Crippen LogP contribution in [0.3, 0.4) is 0 Å². The topological polar surface area (TPSA) is 6.48 Å². The molecule has 0 spiro atoms. The van der Waals surface area contributed by atoms with Crippen LogP contribution in [0.2, 0.25) is 0 Å². The molecule has 5 aliphatic rings. The van der Waals surface area contributed by atoms with Crippen molar-refractivity contribution in [1.29, 1.82) is 0 Å². The van der Waals surface area contributed by atoms with Gasteiger partial charge in [0.25, 0.3) is 0 Å². The molecule has 260 valence electrons. The Kier molecular flexibility index (Phi) is 7.76. The fraction of sp³-hybridized carbons (Fsp3) is 0.216. The Morgan fingerprint density at radius 2 is 1.40 bits per heavy atom. The number of rotatable bonds is 6. The predicted molar refractivity (Wildman–Crippen MR) is 222 cm³/mol. The molecule has 0 saturated heterocycles. The third-order valence-electron chi connectivity index (χ3n) is 12.7. The lowest BCUT2D eigenvalue weighted by molar-refractivity contribution is 0.542. The van der Waals surface area contributed by atoms with Gasteiger partial charge in [0.1, 0.15) is 0 Å². The van der Waals surface area contributed by atoms with E-state index >= 15 is 0 Å². The van der Waals surface area contributed by atoms with Gasteiger partial charge in [-0.2, -0.15) is 0 Å². The van der Waals surface area contributed by atoms with Crippen molar-refractivity contribution in [3.8, 4) is 11.1 Å². The molecule has 1 aliphatic heterocycles. The maximum atomic E-state index is 2.70. The summed E-state index contributed by atoms with van der Waals surface area (Å²) in [5.41, 5.74) is 16.8. The van der Waals surface area contributed by atoms with Gasteiger partial charge in [-0.15, -0.1) is 0 Å². The van der Waals surface area contributed by atoms with Crippen LogP contribution in [0.25, 0.3) is 11.1 Å². The first-order valence-electron chi connectivity index (χ1n) is 19.5. The average Bonchev–Trinajstić information content (AvgIpc) is 3.67. The van der Waals surface area contributed by atoms with Crippen LogP contribution in [0.5, 0.6) is 0 Å². The Morgan fingerprint density at radius 3 is 2.17 bits per heavy atom. The molecule has 10 rings (SSSR count). The van der Waals surface area contributed by atoms with Gasteiger partial charge in [0.05, 0.1) is 6.04 Å². The van der Waals surface area contributed by atoms with E-state index in [0.717, 1.165) is 25.7 Å². The summed E-state index contributed by atoms with van der Waals surface area (Å²) in [5, 5.41) is 0. The quantitative estimate of drug-likeness (QED) is 0.175. The second-order valence-corrected chi connectivity index (χ2v) is 16.0. The first-order chi connectivity index (χ1) is 26.0. The first-order valence-corrected chi connectivity index (χ1v) is 19.5. The van der Waals surface area contributed by atoms with Gasteiger partial charge in [0, 0.05) is 46.1 Å². The van der Waals surface area contributed by atoms with E-state index in [1.165, 1.54) is 61.7 Å².